The molecular formula is C36H37NO4. The van der Waals surface area contributed by atoms with Crippen molar-refractivity contribution in [3.63, 3.8) is 0 Å². The second-order valence-electron chi connectivity index (χ2n) is 10.2. The highest BCUT2D eigenvalue weighted by Gasteiger charge is 2.22. The zero-order valence-electron chi connectivity index (χ0n) is 23.6. The summed E-state index contributed by atoms with van der Waals surface area (Å²) in [5.74, 6) is -0.399. The predicted octanol–water partition coefficient (Wildman–Crippen LogP) is 7.62. The molecule has 4 aromatic rings. The molecule has 0 aliphatic carbocycles. The summed E-state index contributed by atoms with van der Waals surface area (Å²) in [6, 6.07) is 34.6. The highest BCUT2D eigenvalue weighted by Crippen LogP contribution is 2.36. The number of hydrogen-bond acceptors (Lipinski definition) is 5. The van der Waals surface area contributed by atoms with E-state index in [1.165, 1.54) is 28.3 Å². The van der Waals surface area contributed by atoms with E-state index in [-0.39, 0.29) is 0 Å². The Morgan fingerprint density at radius 1 is 0.780 bits per heavy atom. The molecule has 41 heavy (non-hydrogen) atoms. The van der Waals surface area contributed by atoms with Gasteiger partial charge < -0.3 is 19.1 Å². The van der Waals surface area contributed by atoms with Crippen LogP contribution in [-0.4, -0.2) is 38.5 Å². The molecule has 1 fully saturated rings. The van der Waals surface area contributed by atoms with Crippen LogP contribution in [0.25, 0.3) is 11.1 Å². The molecule has 1 saturated heterocycles. The van der Waals surface area contributed by atoms with Crippen LogP contribution in [0.2, 0.25) is 0 Å². The Morgan fingerprint density at radius 3 is 1.73 bits per heavy atom. The van der Waals surface area contributed by atoms with Crippen LogP contribution in [0.4, 0.5) is 17.1 Å². The summed E-state index contributed by atoms with van der Waals surface area (Å²) in [6.45, 7) is 8.13. The van der Waals surface area contributed by atoms with Crippen LogP contribution in [0, 0.1) is 0 Å². The van der Waals surface area contributed by atoms with Crippen molar-refractivity contribution in [3.8, 4) is 11.1 Å². The van der Waals surface area contributed by atoms with Gasteiger partial charge in [-0.25, -0.2) is 4.79 Å². The lowest BCUT2D eigenvalue weighted by molar-refractivity contribution is -0.137. The summed E-state index contributed by atoms with van der Waals surface area (Å²) in [7, 11) is 0. The number of rotatable bonds is 14. The standard InChI is InChI=1S/C36H37NO4/c1-3-27-5-11-30(12-6-27)31-13-19-34(20-14-31)37(33-17-9-29(10-18-33)22-24-40-36(38)4-2)32-15-7-28(8-16-32)21-23-39-25-35-26-41-35/h4-20,35H,2-3,21-26H2,1H3. The molecule has 1 aliphatic heterocycles. The van der Waals surface area contributed by atoms with Gasteiger partial charge in [0.05, 0.1) is 26.4 Å². The fourth-order valence-electron chi connectivity index (χ4n) is 4.70. The Labute approximate surface area is 243 Å². The lowest BCUT2D eigenvalue weighted by Crippen LogP contribution is -2.10. The molecular weight excluding hydrogens is 510 g/mol. The number of aryl methyl sites for hydroxylation is 1. The van der Waals surface area contributed by atoms with Crippen LogP contribution in [0.1, 0.15) is 23.6 Å². The molecule has 0 amide bonds. The molecule has 1 aliphatic rings. The van der Waals surface area contributed by atoms with Gasteiger partial charge in [-0.2, -0.15) is 0 Å². The molecule has 0 saturated carbocycles. The number of epoxide rings is 1. The lowest BCUT2D eigenvalue weighted by Gasteiger charge is -2.26. The first kappa shape index (κ1) is 28.3. The van der Waals surface area contributed by atoms with Gasteiger partial charge in [0, 0.05) is 29.6 Å². The van der Waals surface area contributed by atoms with E-state index in [2.05, 4.69) is 115 Å². The van der Waals surface area contributed by atoms with Crippen LogP contribution in [-0.2, 0) is 38.3 Å². The third-order valence-corrected chi connectivity index (χ3v) is 7.25. The molecule has 0 spiro atoms. The minimum Gasteiger partial charge on any atom is -0.462 e. The molecule has 5 nitrogen and oxygen atoms in total. The van der Waals surface area contributed by atoms with Crippen molar-refractivity contribution < 1.29 is 19.0 Å². The van der Waals surface area contributed by atoms with Crippen molar-refractivity contribution in [1.29, 1.82) is 0 Å². The highest BCUT2D eigenvalue weighted by atomic mass is 16.6. The molecule has 1 atom stereocenters. The van der Waals surface area contributed by atoms with Crippen molar-refractivity contribution in [3.05, 3.63) is 126 Å². The van der Waals surface area contributed by atoms with Gasteiger partial charge in [0.2, 0.25) is 0 Å². The monoisotopic (exact) mass is 547 g/mol. The largest absolute Gasteiger partial charge is 0.462 e. The molecule has 210 valence electrons. The average molecular weight is 548 g/mol. The van der Waals surface area contributed by atoms with Crippen LogP contribution < -0.4 is 4.90 Å². The molecule has 4 aromatic carbocycles. The smallest absolute Gasteiger partial charge is 0.330 e. The molecule has 1 unspecified atom stereocenters. The first-order valence-corrected chi connectivity index (χ1v) is 14.3. The quantitative estimate of drug-likeness (QED) is 0.0704. The minimum absolute atomic E-state index is 0.293. The summed E-state index contributed by atoms with van der Waals surface area (Å²) in [5.41, 5.74) is 9.28. The summed E-state index contributed by atoms with van der Waals surface area (Å²) in [4.78, 5) is 13.6. The molecule has 1 heterocycles. The third-order valence-electron chi connectivity index (χ3n) is 7.25. The molecule has 5 heteroatoms. The van der Waals surface area contributed by atoms with E-state index in [1.807, 2.05) is 0 Å². The topological polar surface area (TPSA) is 51.3 Å². The Hall–Kier alpha value is -4.19. The number of anilines is 3. The summed E-state index contributed by atoms with van der Waals surface area (Å²) in [6.07, 6.45) is 4.03. The van der Waals surface area contributed by atoms with Crippen molar-refractivity contribution in [2.45, 2.75) is 32.3 Å². The van der Waals surface area contributed by atoms with E-state index in [0.717, 1.165) is 42.1 Å². The van der Waals surface area contributed by atoms with Gasteiger partial charge in [-0.1, -0.05) is 74.2 Å². The molecule has 5 rings (SSSR count). The highest BCUT2D eigenvalue weighted by molar-refractivity contribution is 5.81. The van der Waals surface area contributed by atoms with Gasteiger partial charge >= 0.3 is 5.97 Å². The number of benzene rings is 4. The third kappa shape index (κ3) is 7.94. The number of hydrogen-bond donors (Lipinski definition) is 0. The molecule has 0 aromatic heterocycles. The maximum atomic E-state index is 11.4. The maximum Gasteiger partial charge on any atom is 0.330 e. The Balaban J connectivity index is 1.35. The predicted molar refractivity (Wildman–Crippen MR) is 165 cm³/mol. The van der Waals surface area contributed by atoms with E-state index >= 15 is 0 Å². The Bertz CT molecular complexity index is 1410. The van der Waals surface area contributed by atoms with Gasteiger partial charge in [0.25, 0.3) is 0 Å². The fourth-order valence-corrected chi connectivity index (χ4v) is 4.70. The zero-order valence-corrected chi connectivity index (χ0v) is 23.6. The van der Waals surface area contributed by atoms with E-state index in [4.69, 9.17) is 14.2 Å². The van der Waals surface area contributed by atoms with Gasteiger partial charge in [-0.05, 0) is 77.1 Å². The van der Waals surface area contributed by atoms with Gasteiger partial charge in [-0.3, -0.25) is 0 Å². The first-order chi connectivity index (χ1) is 20.1. The minimum atomic E-state index is -0.399. The SMILES string of the molecule is C=CC(=O)OCCc1ccc(N(c2ccc(CCOCC3CO3)cc2)c2ccc(-c3ccc(CC)cc3)cc2)cc1. The Kier molecular flexibility index (Phi) is 9.63. The first-order valence-electron chi connectivity index (χ1n) is 14.3. The second-order valence-corrected chi connectivity index (χ2v) is 10.2. The van der Waals surface area contributed by atoms with Gasteiger partial charge in [0.1, 0.15) is 6.10 Å². The van der Waals surface area contributed by atoms with Crippen molar-refractivity contribution in [2.24, 2.45) is 0 Å². The molecule has 0 bridgehead atoms. The van der Waals surface area contributed by atoms with E-state index < -0.39 is 5.97 Å². The number of esters is 1. The van der Waals surface area contributed by atoms with Crippen LogP contribution in [0.3, 0.4) is 0 Å². The van der Waals surface area contributed by atoms with E-state index in [9.17, 15) is 4.79 Å². The van der Waals surface area contributed by atoms with Crippen molar-refractivity contribution in [2.75, 3.05) is 31.3 Å². The van der Waals surface area contributed by atoms with Gasteiger partial charge in [0.15, 0.2) is 0 Å². The number of ether oxygens (including phenoxy) is 3. The molecule has 0 N–H and O–H groups in total. The van der Waals surface area contributed by atoms with Gasteiger partial charge in [-0.15, -0.1) is 0 Å². The number of nitrogens with zero attached hydrogens (tertiary/aromatic N) is 1. The van der Waals surface area contributed by atoms with Crippen LogP contribution >= 0.6 is 0 Å². The van der Waals surface area contributed by atoms with Crippen molar-refractivity contribution in [1.82, 2.24) is 0 Å². The zero-order chi connectivity index (χ0) is 28.4. The number of carbonyl (C=O) groups excluding carboxylic acids is 1. The van der Waals surface area contributed by atoms with Crippen LogP contribution in [0.15, 0.2) is 110 Å². The van der Waals surface area contributed by atoms with Crippen molar-refractivity contribution >= 4 is 23.0 Å². The summed E-state index contributed by atoms with van der Waals surface area (Å²) in [5, 5.41) is 0. The second kappa shape index (κ2) is 13.9. The average Bonchev–Trinajstić information content (AvgIpc) is 3.86. The summed E-state index contributed by atoms with van der Waals surface area (Å²) < 4.78 is 16.1. The normalized spacial score (nSPS) is 13.9. The van der Waals surface area contributed by atoms with Crippen LogP contribution in [0.5, 0.6) is 0 Å². The van der Waals surface area contributed by atoms with E-state index in [1.54, 1.807) is 0 Å². The fraction of sp³-hybridized carbons (Fsp3) is 0.250. The number of carbonyl (C=O) groups is 1. The Morgan fingerprint density at radius 2 is 1.24 bits per heavy atom. The summed E-state index contributed by atoms with van der Waals surface area (Å²) >= 11 is 0. The maximum absolute atomic E-state index is 11.4. The molecule has 0 radical (unpaired) electrons. The lowest BCUT2D eigenvalue weighted by atomic mass is 10.0. The van der Waals surface area contributed by atoms with E-state index in [0.29, 0.717) is 32.3 Å².